The zero-order valence-corrected chi connectivity index (χ0v) is 8.99. The third-order valence-corrected chi connectivity index (χ3v) is 2.12. The van der Waals surface area contributed by atoms with Crippen molar-refractivity contribution in [2.75, 3.05) is 7.11 Å². The first kappa shape index (κ1) is 15.2. The first-order valence-electron chi connectivity index (χ1n) is 4.41. The van der Waals surface area contributed by atoms with E-state index in [1.54, 1.807) is 0 Å². The second-order valence-corrected chi connectivity index (χ2v) is 3.31. The van der Waals surface area contributed by atoms with Crippen LogP contribution >= 0.6 is 0 Å². The van der Waals surface area contributed by atoms with Crippen LogP contribution in [0.2, 0.25) is 0 Å². The number of nitrogens with zero attached hydrogens (tertiary/aromatic N) is 1. The molecular weight excluding hydrogens is 289 g/mol. The van der Waals surface area contributed by atoms with Crippen molar-refractivity contribution in [2.24, 2.45) is 0 Å². The van der Waals surface area contributed by atoms with Crippen LogP contribution in [-0.4, -0.2) is 35.6 Å². The zero-order chi connectivity index (χ0) is 15.1. The molecule has 4 nitrogen and oxygen atoms in total. The van der Waals surface area contributed by atoms with Gasteiger partial charge in [-0.3, -0.25) is 5.10 Å². The summed E-state index contributed by atoms with van der Waals surface area (Å²) >= 11 is 0. The maximum absolute atomic E-state index is 13.4. The van der Waals surface area contributed by atoms with Gasteiger partial charge < -0.3 is 4.74 Å². The van der Waals surface area contributed by atoms with Gasteiger partial charge in [-0.15, -0.1) is 0 Å². The van der Waals surface area contributed by atoms with Gasteiger partial charge in [-0.25, -0.2) is 9.18 Å². The van der Waals surface area contributed by atoms with Gasteiger partial charge in [-0.1, -0.05) is 0 Å². The smallest absolute Gasteiger partial charge is 0.437 e. The number of carbonyl (C=O) groups is 1. The van der Waals surface area contributed by atoms with Gasteiger partial charge in [0.25, 0.3) is 0 Å². The number of hydrogen-bond donors (Lipinski definition) is 1. The number of H-pyrrole nitrogens is 1. The SMILES string of the molecule is COC(=O)c1cc(C(F)(C(F)(F)F)C(F)(F)F)[nH]n1. The van der Waals surface area contributed by atoms with Crippen LogP contribution in [0.25, 0.3) is 0 Å². The number of carbonyl (C=O) groups excluding carboxylic acids is 1. The first-order chi connectivity index (χ1) is 8.45. The van der Waals surface area contributed by atoms with Crippen LogP contribution in [0.4, 0.5) is 30.7 Å². The fourth-order valence-corrected chi connectivity index (χ4v) is 1.17. The van der Waals surface area contributed by atoms with Gasteiger partial charge >= 0.3 is 24.0 Å². The molecule has 0 aromatic carbocycles. The lowest BCUT2D eigenvalue weighted by Crippen LogP contribution is -2.50. The van der Waals surface area contributed by atoms with Gasteiger partial charge in [0.05, 0.1) is 12.8 Å². The number of nitrogens with one attached hydrogen (secondary N) is 1. The molecule has 0 aliphatic rings. The Morgan fingerprint density at radius 3 is 2.00 bits per heavy atom. The molecule has 0 saturated heterocycles. The number of esters is 1. The van der Waals surface area contributed by atoms with Crippen LogP contribution < -0.4 is 0 Å². The Kier molecular flexibility index (Phi) is 3.52. The van der Waals surface area contributed by atoms with Crippen molar-refractivity contribution in [3.63, 3.8) is 0 Å². The van der Waals surface area contributed by atoms with Crippen LogP contribution in [0.15, 0.2) is 6.07 Å². The largest absolute Gasteiger partial charge is 0.464 e. The Balaban J connectivity index is 3.37. The minimum absolute atomic E-state index is 0.00713. The van der Waals surface area contributed by atoms with E-state index in [2.05, 4.69) is 9.84 Å². The number of aromatic amines is 1. The van der Waals surface area contributed by atoms with E-state index in [-0.39, 0.29) is 6.07 Å². The molecule has 11 heteroatoms. The van der Waals surface area contributed by atoms with Gasteiger partial charge in [-0.05, 0) is 6.07 Å². The Morgan fingerprint density at radius 1 is 1.16 bits per heavy atom. The van der Waals surface area contributed by atoms with Crippen LogP contribution in [0.3, 0.4) is 0 Å². The normalized spacial score (nSPS) is 13.5. The Morgan fingerprint density at radius 2 is 1.63 bits per heavy atom. The highest BCUT2D eigenvalue weighted by Gasteiger charge is 2.74. The van der Waals surface area contributed by atoms with E-state index in [4.69, 9.17) is 0 Å². The lowest BCUT2D eigenvalue weighted by molar-refractivity contribution is -0.350. The maximum Gasteiger partial charge on any atom is 0.437 e. The van der Waals surface area contributed by atoms with Crippen LogP contribution in [0.1, 0.15) is 16.2 Å². The molecule has 0 spiro atoms. The molecule has 1 aromatic rings. The predicted octanol–water partition coefficient (Wildman–Crippen LogP) is 2.49. The summed E-state index contributed by atoms with van der Waals surface area (Å²) in [5.41, 5.74) is -8.51. The van der Waals surface area contributed by atoms with E-state index >= 15 is 0 Å². The number of aromatic nitrogens is 2. The maximum atomic E-state index is 13.4. The summed E-state index contributed by atoms with van der Waals surface area (Å²) in [4.78, 5) is 10.9. The van der Waals surface area contributed by atoms with E-state index in [0.29, 0.717) is 0 Å². The van der Waals surface area contributed by atoms with E-state index in [1.807, 2.05) is 0 Å². The Bertz CT molecular complexity index is 462. The van der Waals surface area contributed by atoms with Crippen LogP contribution in [0, 0.1) is 0 Å². The molecule has 0 saturated carbocycles. The number of halogens is 7. The van der Waals surface area contributed by atoms with E-state index in [1.165, 1.54) is 5.10 Å². The van der Waals surface area contributed by atoms with Gasteiger partial charge in [0.2, 0.25) is 0 Å². The molecular formula is C8H5F7N2O2. The molecule has 19 heavy (non-hydrogen) atoms. The number of methoxy groups -OCH3 is 1. The van der Waals surface area contributed by atoms with Crippen molar-refractivity contribution < 1.29 is 40.3 Å². The standard InChI is InChI=1S/C8H5F7N2O2/c1-19-5(18)3-2-4(17-16-3)6(9,7(10,11)12)8(13,14)15/h2H,1H3,(H,16,17). The molecule has 1 aromatic heterocycles. The summed E-state index contributed by atoms with van der Waals surface area (Å²) in [6.07, 6.45) is -12.5. The van der Waals surface area contributed by atoms with Crippen molar-refractivity contribution in [3.05, 3.63) is 17.5 Å². The van der Waals surface area contributed by atoms with Crippen molar-refractivity contribution >= 4 is 5.97 Å². The molecule has 0 amide bonds. The number of hydrogen-bond acceptors (Lipinski definition) is 3. The molecule has 1 N–H and O–H groups in total. The average Bonchev–Trinajstić information content (AvgIpc) is 2.73. The molecule has 0 unspecified atom stereocenters. The van der Waals surface area contributed by atoms with Gasteiger partial charge in [0, 0.05) is 0 Å². The highest BCUT2D eigenvalue weighted by atomic mass is 19.4. The van der Waals surface area contributed by atoms with E-state index < -0.39 is 35.4 Å². The summed E-state index contributed by atoms with van der Waals surface area (Å²) in [6.45, 7) is 0. The first-order valence-corrected chi connectivity index (χ1v) is 4.41. The molecule has 0 radical (unpaired) electrons. The third kappa shape index (κ3) is 2.36. The molecule has 0 atom stereocenters. The zero-order valence-electron chi connectivity index (χ0n) is 8.99. The second kappa shape index (κ2) is 4.38. The molecule has 1 heterocycles. The summed E-state index contributed by atoms with van der Waals surface area (Å²) < 4.78 is 91.4. The fourth-order valence-electron chi connectivity index (χ4n) is 1.17. The summed E-state index contributed by atoms with van der Waals surface area (Å²) in [5.74, 6) is -1.31. The average molecular weight is 294 g/mol. The molecule has 0 fully saturated rings. The number of rotatable bonds is 2. The van der Waals surface area contributed by atoms with Crippen LogP contribution in [-0.2, 0) is 10.4 Å². The molecule has 0 aliphatic carbocycles. The van der Waals surface area contributed by atoms with Crippen molar-refractivity contribution in [2.45, 2.75) is 18.0 Å². The highest BCUT2D eigenvalue weighted by Crippen LogP contribution is 2.52. The van der Waals surface area contributed by atoms with Gasteiger partial charge in [0.1, 0.15) is 0 Å². The lowest BCUT2D eigenvalue weighted by Gasteiger charge is -2.28. The van der Waals surface area contributed by atoms with E-state index in [9.17, 15) is 35.5 Å². The van der Waals surface area contributed by atoms with Crippen molar-refractivity contribution in [1.29, 1.82) is 0 Å². The predicted molar refractivity (Wildman–Crippen MR) is 44.8 cm³/mol. The molecule has 1 rings (SSSR count). The summed E-state index contributed by atoms with van der Waals surface area (Å²) in [6, 6.07) is -0.00713. The van der Waals surface area contributed by atoms with E-state index in [0.717, 1.165) is 7.11 Å². The lowest BCUT2D eigenvalue weighted by atomic mass is 10.0. The molecule has 0 bridgehead atoms. The summed E-state index contributed by atoms with van der Waals surface area (Å²) in [5, 5.41) is 4.05. The van der Waals surface area contributed by atoms with Crippen molar-refractivity contribution in [1.82, 2.24) is 10.2 Å². The fraction of sp³-hybridized carbons (Fsp3) is 0.500. The third-order valence-electron chi connectivity index (χ3n) is 2.12. The minimum Gasteiger partial charge on any atom is -0.464 e. The summed E-state index contributed by atoms with van der Waals surface area (Å²) in [7, 11) is 0.826. The Hall–Kier alpha value is -1.81. The monoisotopic (exact) mass is 294 g/mol. The van der Waals surface area contributed by atoms with Gasteiger partial charge in [-0.2, -0.15) is 31.4 Å². The Labute approximate surface area is 100 Å². The minimum atomic E-state index is -6.27. The quantitative estimate of drug-likeness (QED) is 0.673. The van der Waals surface area contributed by atoms with Gasteiger partial charge in [0.15, 0.2) is 5.69 Å². The molecule has 108 valence electrons. The topological polar surface area (TPSA) is 55.0 Å². The molecule has 0 aliphatic heterocycles. The number of alkyl halides is 7. The second-order valence-electron chi connectivity index (χ2n) is 3.31. The van der Waals surface area contributed by atoms with Crippen molar-refractivity contribution in [3.8, 4) is 0 Å². The van der Waals surface area contributed by atoms with Crippen LogP contribution in [0.5, 0.6) is 0 Å². The number of ether oxygens (including phenoxy) is 1. The highest BCUT2D eigenvalue weighted by molar-refractivity contribution is 5.87.